The Morgan fingerprint density at radius 2 is 2.08 bits per heavy atom. The third-order valence-corrected chi connectivity index (χ3v) is 5.61. The lowest BCUT2D eigenvalue weighted by atomic mass is 9.95. The fraction of sp³-hybridized carbons (Fsp3) is 0.778. The first-order chi connectivity index (χ1) is 11.6. The van der Waals surface area contributed by atoms with E-state index in [2.05, 4.69) is 26.7 Å². The zero-order chi connectivity index (χ0) is 17.0. The number of amides is 1. The number of aryl methyl sites for hydroxylation is 1. The average Bonchev–Trinajstić information content (AvgIpc) is 3.22. The second kappa shape index (κ2) is 10.5. The van der Waals surface area contributed by atoms with Gasteiger partial charge in [0.2, 0.25) is 5.91 Å². The highest BCUT2D eigenvalue weighted by molar-refractivity contribution is 5.86. The summed E-state index contributed by atoms with van der Waals surface area (Å²) < 4.78 is 2.20. The normalized spacial score (nSPS) is 22.3. The first-order valence-electron chi connectivity index (χ1n) is 9.40. The number of likely N-dealkylation sites (tertiary alicyclic amines) is 1. The predicted octanol–water partition coefficient (Wildman–Crippen LogP) is 2.35. The Morgan fingerprint density at radius 1 is 1.35 bits per heavy atom. The van der Waals surface area contributed by atoms with Crippen molar-refractivity contribution >= 4 is 30.7 Å². The van der Waals surface area contributed by atoms with Crippen molar-refractivity contribution in [3.8, 4) is 0 Å². The molecule has 1 unspecified atom stereocenters. The van der Waals surface area contributed by atoms with E-state index in [0.717, 1.165) is 64.2 Å². The number of carbonyl (C=O) groups excluding carboxylic acids is 1. The van der Waals surface area contributed by atoms with Crippen molar-refractivity contribution in [2.75, 3.05) is 19.6 Å². The lowest BCUT2D eigenvalue weighted by Crippen LogP contribution is -2.53. The van der Waals surface area contributed by atoms with Crippen LogP contribution >= 0.6 is 24.8 Å². The average molecular weight is 406 g/mol. The highest BCUT2D eigenvalue weighted by Gasteiger charge is 2.37. The summed E-state index contributed by atoms with van der Waals surface area (Å²) in [6, 6.07) is 0. The lowest BCUT2D eigenvalue weighted by molar-refractivity contribution is -0.126. The fourth-order valence-corrected chi connectivity index (χ4v) is 4.09. The number of imidazole rings is 1. The van der Waals surface area contributed by atoms with Crippen molar-refractivity contribution in [1.82, 2.24) is 19.8 Å². The fourth-order valence-electron chi connectivity index (χ4n) is 4.09. The van der Waals surface area contributed by atoms with Gasteiger partial charge in [0.05, 0.1) is 12.1 Å². The number of aromatic nitrogens is 2. The van der Waals surface area contributed by atoms with Gasteiger partial charge in [-0.25, -0.2) is 4.98 Å². The number of rotatable bonds is 6. The zero-order valence-corrected chi connectivity index (χ0v) is 17.3. The van der Waals surface area contributed by atoms with E-state index in [4.69, 9.17) is 5.73 Å². The molecule has 2 aliphatic rings. The molecule has 150 valence electrons. The summed E-state index contributed by atoms with van der Waals surface area (Å²) in [6.45, 7) is 6.88. The van der Waals surface area contributed by atoms with Crippen LogP contribution in [0.3, 0.4) is 0 Å². The van der Waals surface area contributed by atoms with Gasteiger partial charge in [0.15, 0.2) is 0 Å². The van der Waals surface area contributed by atoms with E-state index in [1.807, 2.05) is 12.4 Å². The minimum Gasteiger partial charge on any atom is -0.354 e. The highest BCUT2D eigenvalue weighted by atomic mass is 35.5. The maximum absolute atomic E-state index is 12.4. The monoisotopic (exact) mass is 405 g/mol. The molecule has 1 saturated carbocycles. The third-order valence-electron chi connectivity index (χ3n) is 5.61. The first-order valence-corrected chi connectivity index (χ1v) is 9.40. The molecular weight excluding hydrogens is 373 g/mol. The van der Waals surface area contributed by atoms with Crippen molar-refractivity contribution < 1.29 is 4.79 Å². The van der Waals surface area contributed by atoms with E-state index in [1.54, 1.807) is 0 Å². The Kier molecular flexibility index (Phi) is 9.38. The van der Waals surface area contributed by atoms with Gasteiger partial charge in [-0.15, -0.1) is 24.8 Å². The van der Waals surface area contributed by atoms with Crippen molar-refractivity contribution in [2.24, 2.45) is 11.7 Å². The number of hydrogen-bond donors (Lipinski definition) is 2. The molecule has 0 radical (unpaired) electrons. The Labute approximate surface area is 169 Å². The molecule has 1 aliphatic carbocycles. The van der Waals surface area contributed by atoms with E-state index >= 15 is 0 Å². The van der Waals surface area contributed by atoms with Crippen molar-refractivity contribution in [3.63, 3.8) is 0 Å². The zero-order valence-electron chi connectivity index (χ0n) is 15.7. The number of nitrogens with two attached hydrogens (primary N) is 1. The van der Waals surface area contributed by atoms with Gasteiger partial charge in [-0.3, -0.25) is 9.69 Å². The second-order valence-corrected chi connectivity index (χ2v) is 7.45. The molecule has 1 amide bonds. The molecular formula is C18H33Cl2N5O. The quantitative estimate of drug-likeness (QED) is 0.761. The summed E-state index contributed by atoms with van der Waals surface area (Å²) in [4.78, 5) is 19.3. The number of nitrogens with zero attached hydrogens (tertiary/aromatic N) is 3. The number of halogens is 2. The van der Waals surface area contributed by atoms with Crippen LogP contribution in [0.25, 0.3) is 0 Å². The molecule has 1 atom stereocenters. The Bertz CT molecular complexity index is 560. The van der Waals surface area contributed by atoms with E-state index in [9.17, 15) is 4.79 Å². The Morgan fingerprint density at radius 3 is 2.77 bits per heavy atom. The molecule has 8 heteroatoms. The SMILES string of the molecule is CCn1ccnc1CN1CCCC(CNC(=O)C2(N)CCCC2)C1.Cl.Cl. The van der Waals surface area contributed by atoms with Crippen molar-refractivity contribution in [3.05, 3.63) is 18.2 Å². The van der Waals surface area contributed by atoms with Gasteiger partial charge < -0.3 is 15.6 Å². The van der Waals surface area contributed by atoms with Crippen LogP contribution in [0.4, 0.5) is 0 Å². The van der Waals surface area contributed by atoms with Gasteiger partial charge in [0.1, 0.15) is 5.82 Å². The van der Waals surface area contributed by atoms with Crippen LogP contribution in [0.15, 0.2) is 12.4 Å². The summed E-state index contributed by atoms with van der Waals surface area (Å²) in [6.07, 6.45) is 10.1. The minimum absolute atomic E-state index is 0. The molecule has 2 fully saturated rings. The molecule has 1 saturated heterocycles. The standard InChI is InChI=1S/C18H31N5O.2ClH/c1-2-23-11-9-20-16(23)14-22-10-5-6-15(13-22)12-21-17(24)18(19)7-3-4-8-18;;/h9,11,15H,2-8,10,12-14,19H2,1H3,(H,21,24);2*1H. The Balaban J connectivity index is 0.00000169. The summed E-state index contributed by atoms with van der Waals surface area (Å²) in [5.74, 6) is 1.70. The minimum atomic E-state index is -0.611. The van der Waals surface area contributed by atoms with Gasteiger partial charge in [-0.2, -0.15) is 0 Å². The van der Waals surface area contributed by atoms with Gasteiger partial charge in [0.25, 0.3) is 0 Å². The van der Waals surface area contributed by atoms with Crippen molar-refractivity contribution in [2.45, 2.75) is 64.1 Å². The van der Waals surface area contributed by atoms with Crippen LogP contribution < -0.4 is 11.1 Å². The van der Waals surface area contributed by atoms with E-state index in [1.165, 1.54) is 12.8 Å². The summed E-state index contributed by atoms with van der Waals surface area (Å²) >= 11 is 0. The molecule has 26 heavy (non-hydrogen) atoms. The second-order valence-electron chi connectivity index (χ2n) is 7.45. The first kappa shape index (κ1) is 23.2. The molecule has 3 N–H and O–H groups in total. The van der Waals surface area contributed by atoms with E-state index in [0.29, 0.717) is 5.92 Å². The van der Waals surface area contributed by atoms with Crippen LogP contribution in [-0.2, 0) is 17.9 Å². The lowest BCUT2D eigenvalue weighted by Gasteiger charge is -2.33. The van der Waals surface area contributed by atoms with E-state index < -0.39 is 5.54 Å². The molecule has 2 heterocycles. The maximum atomic E-state index is 12.4. The molecule has 0 aromatic carbocycles. The van der Waals surface area contributed by atoms with Crippen molar-refractivity contribution in [1.29, 1.82) is 0 Å². The molecule has 1 aromatic rings. The van der Waals surface area contributed by atoms with Gasteiger partial charge in [0, 0.05) is 32.0 Å². The van der Waals surface area contributed by atoms with Crippen LogP contribution in [0.1, 0.15) is 51.3 Å². The van der Waals surface area contributed by atoms with Crippen LogP contribution in [0.2, 0.25) is 0 Å². The number of nitrogens with one attached hydrogen (secondary N) is 1. The smallest absolute Gasteiger partial charge is 0.240 e. The van der Waals surface area contributed by atoms with Gasteiger partial charge in [-0.1, -0.05) is 12.8 Å². The number of piperidine rings is 1. The molecule has 1 aromatic heterocycles. The van der Waals surface area contributed by atoms with Gasteiger partial charge >= 0.3 is 0 Å². The molecule has 3 rings (SSSR count). The van der Waals surface area contributed by atoms with Gasteiger partial charge in [-0.05, 0) is 45.1 Å². The third kappa shape index (κ3) is 5.59. The van der Waals surface area contributed by atoms with Crippen LogP contribution in [0, 0.1) is 5.92 Å². The summed E-state index contributed by atoms with van der Waals surface area (Å²) in [5, 5.41) is 3.13. The topological polar surface area (TPSA) is 76.2 Å². The number of hydrogen-bond acceptors (Lipinski definition) is 4. The Hall–Kier alpha value is -0.820. The largest absolute Gasteiger partial charge is 0.354 e. The molecule has 1 aliphatic heterocycles. The predicted molar refractivity (Wildman–Crippen MR) is 109 cm³/mol. The summed E-state index contributed by atoms with van der Waals surface area (Å²) in [5.41, 5.74) is 5.62. The molecule has 0 bridgehead atoms. The van der Waals surface area contributed by atoms with Crippen LogP contribution in [-0.4, -0.2) is 45.5 Å². The van der Waals surface area contributed by atoms with Crippen LogP contribution in [0.5, 0.6) is 0 Å². The maximum Gasteiger partial charge on any atom is 0.240 e. The number of carbonyl (C=O) groups is 1. The van der Waals surface area contributed by atoms with E-state index in [-0.39, 0.29) is 30.7 Å². The summed E-state index contributed by atoms with van der Waals surface area (Å²) in [7, 11) is 0. The molecule has 6 nitrogen and oxygen atoms in total. The highest BCUT2D eigenvalue weighted by Crippen LogP contribution is 2.27. The molecule has 0 spiro atoms.